The highest BCUT2D eigenvalue weighted by molar-refractivity contribution is 5.96. The second-order valence-corrected chi connectivity index (χ2v) is 2.64. The van der Waals surface area contributed by atoms with Gasteiger partial charge in [0.1, 0.15) is 11.6 Å². The summed E-state index contributed by atoms with van der Waals surface area (Å²) in [5.41, 5.74) is 0. The van der Waals surface area contributed by atoms with Gasteiger partial charge in [-0.2, -0.15) is 0 Å². The average Bonchev–Trinajstić information content (AvgIpc) is 2.04. The summed E-state index contributed by atoms with van der Waals surface area (Å²) >= 11 is 0. The fraction of sp³-hybridized carbons (Fsp3) is 0.778. The van der Waals surface area contributed by atoms with E-state index in [1.54, 1.807) is 0 Å². The Hall–Kier alpha value is -0.780. The number of aliphatic hydroxyl groups is 2. The molecule has 2 N–H and O–H groups in total. The Labute approximate surface area is 83.7 Å². The van der Waals surface area contributed by atoms with Gasteiger partial charge in [0.15, 0.2) is 0 Å². The van der Waals surface area contributed by atoms with Gasteiger partial charge >= 0.3 is 0 Å². The number of ketones is 2. The van der Waals surface area contributed by atoms with Crippen LogP contribution in [0, 0.1) is 0 Å². The van der Waals surface area contributed by atoms with Crippen molar-refractivity contribution in [2.75, 3.05) is 26.4 Å². The van der Waals surface area contributed by atoms with Gasteiger partial charge in [-0.05, 0) is 13.8 Å². The summed E-state index contributed by atoms with van der Waals surface area (Å²) in [4.78, 5) is 20.1. The van der Waals surface area contributed by atoms with Crippen LogP contribution in [0.2, 0.25) is 0 Å². The molecule has 0 aromatic heterocycles. The maximum atomic E-state index is 10.0. The van der Waals surface area contributed by atoms with Crippen molar-refractivity contribution in [1.82, 2.24) is 0 Å². The fourth-order valence-corrected chi connectivity index (χ4v) is 0.582. The van der Waals surface area contributed by atoms with Crippen LogP contribution < -0.4 is 0 Å². The molecule has 0 atom stereocenters. The van der Waals surface area contributed by atoms with Crippen molar-refractivity contribution < 1.29 is 24.5 Å². The number of carbonyl (C=O) groups is 2. The molecule has 5 heteroatoms. The first-order valence-electron chi connectivity index (χ1n) is 4.33. The molecule has 0 bridgehead atoms. The van der Waals surface area contributed by atoms with Crippen molar-refractivity contribution in [3.63, 3.8) is 0 Å². The molecule has 14 heavy (non-hydrogen) atoms. The molecule has 84 valence electrons. The smallest absolute Gasteiger partial charge is 0.137 e. The van der Waals surface area contributed by atoms with Crippen LogP contribution in [0.15, 0.2) is 0 Å². The predicted molar refractivity (Wildman–Crippen MR) is 51.0 cm³/mol. The summed E-state index contributed by atoms with van der Waals surface area (Å²) in [6, 6.07) is 0. The first-order chi connectivity index (χ1) is 6.54. The third-order valence-electron chi connectivity index (χ3n) is 0.969. The number of hydrogen-bond donors (Lipinski definition) is 2. The monoisotopic (exact) mass is 206 g/mol. The molecule has 0 unspecified atom stereocenters. The molecule has 0 amide bonds. The predicted octanol–water partition coefficient (Wildman–Crippen LogP) is -0.458. The number of aliphatic hydroxyl groups excluding tert-OH is 2. The van der Waals surface area contributed by atoms with E-state index in [1.807, 2.05) is 0 Å². The quantitative estimate of drug-likeness (QED) is 0.454. The summed E-state index contributed by atoms with van der Waals surface area (Å²) < 4.78 is 4.63. The van der Waals surface area contributed by atoms with Crippen molar-refractivity contribution in [2.45, 2.75) is 20.3 Å². The van der Waals surface area contributed by atoms with Gasteiger partial charge in [0.25, 0.3) is 0 Å². The van der Waals surface area contributed by atoms with Gasteiger partial charge in [-0.1, -0.05) is 0 Å². The van der Waals surface area contributed by atoms with Crippen molar-refractivity contribution in [3.8, 4) is 0 Å². The number of ether oxygens (including phenoxy) is 1. The molecule has 0 spiro atoms. The molecule has 0 aromatic carbocycles. The molecular formula is C9H18O5. The van der Waals surface area contributed by atoms with Gasteiger partial charge < -0.3 is 14.9 Å². The Morgan fingerprint density at radius 3 is 1.50 bits per heavy atom. The van der Waals surface area contributed by atoms with E-state index in [-0.39, 0.29) is 31.2 Å². The Kier molecular flexibility index (Phi) is 13.7. The first kappa shape index (κ1) is 15.7. The molecule has 0 aliphatic heterocycles. The van der Waals surface area contributed by atoms with Crippen molar-refractivity contribution in [2.24, 2.45) is 0 Å². The molecule has 0 rings (SSSR count). The summed E-state index contributed by atoms with van der Waals surface area (Å²) in [5.74, 6) is -0.125. The summed E-state index contributed by atoms with van der Waals surface area (Å²) in [6.45, 7) is 3.50. The number of rotatable bonds is 6. The maximum Gasteiger partial charge on any atom is 0.137 e. The van der Waals surface area contributed by atoms with Crippen molar-refractivity contribution in [1.29, 1.82) is 0 Å². The van der Waals surface area contributed by atoms with E-state index in [9.17, 15) is 9.59 Å². The molecule has 0 saturated carbocycles. The van der Waals surface area contributed by atoms with E-state index in [0.29, 0.717) is 13.2 Å². The van der Waals surface area contributed by atoms with Crippen LogP contribution in [-0.2, 0) is 14.3 Å². The minimum Gasteiger partial charge on any atom is -0.394 e. The first-order valence-corrected chi connectivity index (χ1v) is 4.33. The highest BCUT2D eigenvalue weighted by Crippen LogP contribution is 1.80. The molecule has 0 heterocycles. The summed E-state index contributed by atoms with van der Waals surface area (Å²) in [7, 11) is 0. The Bertz CT molecular complexity index is 139. The number of Topliss-reactive ketones (excluding diaryl/α,β-unsaturated/α-hetero) is 2. The van der Waals surface area contributed by atoms with Gasteiger partial charge in [-0.15, -0.1) is 0 Å². The topological polar surface area (TPSA) is 83.8 Å². The lowest BCUT2D eigenvalue weighted by Gasteiger charge is -1.94. The molecular weight excluding hydrogens is 188 g/mol. The summed E-state index contributed by atoms with van der Waals surface area (Å²) in [6.07, 6.45) is 0.0833. The zero-order valence-electron chi connectivity index (χ0n) is 8.65. The second kappa shape index (κ2) is 12.2. The lowest BCUT2D eigenvalue weighted by atomic mass is 10.2. The second-order valence-electron chi connectivity index (χ2n) is 2.64. The van der Waals surface area contributed by atoms with Gasteiger partial charge in [-0.25, -0.2) is 0 Å². The lowest BCUT2D eigenvalue weighted by molar-refractivity contribution is -0.124. The van der Waals surface area contributed by atoms with Crippen LogP contribution in [0.1, 0.15) is 20.3 Å². The van der Waals surface area contributed by atoms with Crippen LogP contribution in [0.5, 0.6) is 0 Å². The van der Waals surface area contributed by atoms with Crippen LogP contribution in [0.4, 0.5) is 0 Å². The largest absolute Gasteiger partial charge is 0.394 e. The minimum atomic E-state index is -0.0625. The van der Waals surface area contributed by atoms with Crippen molar-refractivity contribution >= 4 is 11.6 Å². The Balaban J connectivity index is 0. The third kappa shape index (κ3) is 22.5. The van der Waals surface area contributed by atoms with E-state index in [4.69, 9.17) is 10.2 Å². The lowest BCUT2D eigenvalue weighted by Crippen LogP contribution is -2.03. The SMILES string of the molecule is CC(=O)CC(C)=O.OCCOCCO. The van der Waals surface area contributed by atoms with Gasteiger partial charge in [0, 0.05) is 0 Å². The zero-order valence-corrected chi connectivity index (χ0v) is 8.65. The van der Waals surface area contributed by atoms with Crippen molar-refractivity contribution in [3.05, 3.63) is 0 Å². The molecule has 5 nitrogen and oxygen atoms in total. The third-order valence-corrected chi connectivity index (χ3v) is 0.969. The number of carbonyl (C=O) groups excluding carboxylic acids is 2. The molecule has 0 fully saturated rings. The van der Waals surface area contributed by atoms with Crippen LogP contribution in [0.3, 0.4) is 0 Å². The van der Waals surface area contributed by atoms with E-state index in [1.165, 1.54) is 13.8 Å². The Morgan fingerprint density at radius 2 is 1.36 bits per heavy atom. The summed E-state index contributed by atoms with van der Waals surface area (Å²) in [5, 5.41) is 16.2. The van der Waals surface area contributed by atoms with E-state index < -0.39 is 0 Å². The zero-order chi connectivity index (χ0) is 11.4. The van der Waals surface area contributed by atoms with Gasteiger partial charge in [-0.3, -0.25) is 9.59 Å². The maximum absolute atomic E-state index is 10.0. The fourth-order valence-electron chi connectivity index (χ4n) is 0.582. The van der Waals surface area contributed by atoms with Crippen LogP contribution in [0.25, 0.3) is 0 Å². The molecule has 0 saturated heterocycles. The molecule has 0 aliphatic carbocycles. The van der Waals surface area contributed by atoms with E-state index >= 15 is 0 Å². The Morgan fingerprint density at radius 1 is 1.00 bits per heavy atom. The average molecular weight is 206 g/mol. The molecule has 0 aliphatic rings. The van der Waals surface area contributed by atoms with E-state index in [0.717, 1.165) is 0 Å². The normalized spacial score (nSPS) is 8.86. The highest BCUT2D eigenvalue weighted by atomic mass is 16.5. The van der Waals surface area contributed by atoms with Gasteiger partial charge in [0.2, 0.25) is 0 Å². The van der Waals surface area contributed by atoms with Gasteiger partial charge in [0.05, 0.1) is 32.8 Å². The van der Waals surface area contributed by atoms with E-state index in [2.05, 4.69) is 4.74 Å². The molecule has 0 aromatic rings. The minimum absolute atomic E-state index is 0.0278. The molecule has 0 radical (unpaired) electrons. The van der Waals surface area contributed by atoms with Crippen LogP contribution in [-0.4, -0.2) is 48.2 Å². The van der Waals surface area contributed by atoms with Crippen LogP contribution >= 0.6 is 0 Å². The highest BCUT2D eigenvalue weighted by Gasteiger charge is 1.94. The number of hydrogen-bond acceptors (Lipinski definition) is 5. The standard InChI is InChI=1S/C5H8O2.C4H10O3/c1-4(6)3-5(2)7;5-1-3-7-4-2-6/h3H2,1-2H3;5-6H,1-4H2.